The Morgan fingerprint density at radius 2 is 1.94 bits per heavy atom. The van der Waals surface area contributed by atoms with Crippen molar-refractivity contribution in [2.75, 3.05) is 38.1 Å². The fraction of sp³-hybridized carbons (Fsp3) is 0.320. The average Bonchev–Trinajstić information content (AvgIpc) is 3.30. The number of pyridine rings is 1. The van der Waals surface area contributed by atoms with Gasteiger partial charge in [-0.3, -0.25) is 19.2 Å². The average molecular weight is 491 g/mol. The van der Waals surface area contributed by atoms with Crippen LogP contribution < -0.4 is 15.8 Å². The summed E-state index contributed by atoms with van der Waals surface area (Å²) >= 11 is 0. The largest absolute Gasteiger partial charge is 0.365 e. The van der Waals surface area contributed by atoms with Crippen LogP contribution in [0.4, 0.5) is 10.1 Å². The third-order valence-corrected chi connectivity index (χ3v) is 6.45. The number of anilines is 1. The van der Waals surface area contributed by atoms with Gasteiger partial charge in [0, 0.05) is 64.1 Å². The minimum Gasteiger partial charge on any atom is -0.365 e. The highest BCUT2D eigenvalue weighted by molar-refractivity contribution is 5.92. The molecule has 0 spiro atoms. The molecule has 186 valence electrons. The minimum absolute atomic E-state index is 0.0563. The molecule has 4 heterocycles. The summed E-state index contributed by atoms with van der Waals surface area (Å²) in [4.78, 5) is 39.5. The van der Waals surface area contributed by atoms with Gasteiger partial charge in [0.25, 0.3) is 11.5 Å². The molecule has 4 aromatic rings. The molecule has 0 aliphatic carbocycles. The van der Waals surface area contributed by atoms with Crippen LogP contribution in [0, 0.1) is 12.9 Å². The SMILES string of the molecule is CNC(=O)c1ccc(N2CCN(Cc3cc(-c4cnn(C)c4)c4nc(C)c(=O)[nH]c4c3)CC2)c(F)n1. The van der Waals surface area contributed by atoms with E-state index in [9.17, 15) is 14.0 Å². The van der Waals surface area contributed by atoms with Crippen molar-refractivity contribution in [3.63, 3.8) is 0 Å². The monoisotopic (exact) mass is 490 g/mol. The molecule has 1 fully saturated rings. The summed E-state index contributed by atoms with van der Waals surface area (Å²) in [6.07, 6.45) is 3.72. The third-order valence-electron chi connectivity index (χ3n) is 6.45. The van der Waals surface area contributed by atoms with Gasteiger partial charge in [0.2, 0.25) is 5.95 Å². The Bertz CT molecular complexity index is 1500. The Morgan fingerprint density at radius 1 is 1.17 bits per heavy atom. The molecule has 0 bridgehead atoms. The minimum atomic E-state index is -0.646. The van der Waals surface area contributed by atoms with E-state index in [1.54, 1.807) is 23.9 Å². The van der Waals surface area contributed by atoms with E-state index in [2.05, 4.69) is 36.3 Å². The normalized spacial score (nSPS) is 14.4. The fourth-order valence-electron chi connectivity index (χ4n) is 4.54. The van der Waals surface area contributed by atoms with Crippen LogP contribution in [-0.2, 0) is 13.6 Å². The zero-order chi connectivity index (χ0) is 25.4. The van der Waals surface area contributed by atoms with Crippen LogP contribution in [-0.4, -0.2) is 68.8 Å². The Hall–Kier alpha value is -4.12. The number of hydrogen-bond donors (Lipinski definition) is 2. The zero-order valence-electron chi connectivity index (χ0n) is 20.4. The van der Waals surface area contributed by atoms with Crippen LogP contribution in [0.3, 0.4) is 0 Å². The fourth-order valence-corrected chi connectivity index (χ4v) is 4.54. The number of carbonyl (C=O) groups excluding carboxylic acids is 1. The van der Waals surface area contributed by atoms with Crippen LogP contribution in [0.2, 0.25) is 0 Å². The van der Waals surface area contributed by atoms with Crippen molar-refractivity contribution in [1.82, 2.24) is 34.9 Å². The van der Waals surface area contributed by atoms with E-state index >= 15 is 0 Å². The summed E-state index contributed by atoms with van der Waals surface area (Å²) in [6.45, 7) is 5.06. The second kappa shape index (κ2) is 9.50. The van der Waals surface area contributed by atoms with Crippen molar-refractivity contribution < 1.29 is 9.18 Å². The number of rotatable bonds is 5. The lowest BCUT2D eigenvalue weighted by molar-refractivity contribution is 0.0957. The number of carbonyl (C=O) groups is 1. The number of aromatic nitrogens is 5. The number of aromatic amines is 1. The van der Waals surface area contributed by atoms with E-state index < -0.39 is 11.9 Å². The molecule has 3 aromatic heterocycles. The lowest BCUT2D eigenvalue weighted by atomic mass is 10.0. The van der Waals surface area contributed by atoms with Crippen LogP contribution in [0.25, 0.3) is 22.2 Å². The highest BCUT2D eigenvalue weighted by atomic mass is 19.1. The van der Waals surface area contributed by atoms with Gasteiger partial charge in [-0.25, -0.2) is 9.97 Å². The number of fused-ring (bicyclic) bond motifs is 1. The molecule has 0 atom stereocenters. The van der Waals surface area contributed by atoms with Gasteiger partial charge in [0.1, 0.15) is 11.4 Å². The standard InChI is InChI=1S/C25H27FN8O2/c1-15-24(35)31-20-11-16(10-18(22(20)29-15)17-12-28-32(3)14-17)13-33-6-8-34(9-7-33)21-5-4-19(25(36)27-2)30-23(21)26/h4-5,10-12,14H,6-9,13H2,1-3H3,(H,27,36)(H,31,35). The van der Waals surface area contributed by atoms with Crippen molar-refractivity contribution in [2.24, 2.45) is 7.05 Å². The molecule has 1 amide bonds. The van der Waals surface area contributed by atoms with Gasteiger partial charge < -0.3 is 15.2 Å². The molecular weight excluding hydrogens is 463 g/mol. The van der Waals surface area contributed by atoms with E-state index in [0.29, 0.717) is 36.5 Å². The molecule has 1 aromatic carbocycles. The Kier molecular flexibility index (Phi) is 6.23. The van der Waals surface area contributed by atoms with Crippen molar-refractivity contribution in [2.45, 2.75) is 13.5 Å². The van der Waals surface area contributed by atoms with E-state index in [4.69, 9.17) is 0 Å². The number of H-pyrrole nitrogens is 1. The molecule has 11 heteroatoms. The first-order valence-electron chi connectivity index (χ1n) is 11.7. The van der Waals surface area contributed by atoms with Gasteiger partial charge in [-0.15, -0.1) is 0 Å². The van der Waals surface area contributed by atoms with Crippen LogP contribution in [0.5, 0.6) is 0 Å². The number of benzene rings is 1. The van der Waals surface area contributed by atoms with E-state index in [0.717, 1.165) is 35.3 Å². The van der Waals surface area contributed by atoms with Crippen molar-refractivity contribution >= 4 is 22.6 Å². The maximum Gasteiger partial charge on any atom is 0.269 e. The molecule has 5 rings (SSSR count). The molecule has 0 radical (unpaired) electrons. The number of aryl methyl sites for hydroxylation is 2. The number of nitrogens with one attached hydrogen (secondary N) is 2. The number of halogens is 1. The van der Waals surface area contributed by atoms with Crippen LogP contribution in [0.1, 0.15) is 21.7 Å². The number of hydrogen-bond acceptors (Lipinski definition) is 7. The molecule has 2 N–H and O–H groups in total. The smallest absolute Gasteiger partial charge is 0.269 e. The van der Waals surface area contributed by atoms with Gasteiger partial charge in [-0.05, 0) is 36.8 Å². The van der Waals surface area contributed by atoms with Crippen molar-refractivity contribution in [1.29, 1.82) is 0 Å². The predicted molar refractivity (Wildman–Crippen MR) is 134 cm³/mol. The van der Waals surface area contributed by atoms with Gasteiger partial charge in [0.15, 0.2) is 0 Å². The summed E-state index contributed by atoms with van der Waals surface area (Å²) in [7, 11) is 3.35. The molecule has 1 saturated heterocycles. The van der Waals surface area contributed by atoms with Gasteiger partial charge >= 0.3 is 0 Å². The van der Waals surface area contributed by atoms with Crippen molar-refractivity contribution in [3.05, 3.63) is 69.9 Å². The predicted octanol–water partition coefficient (Wildman–Crippen LogP) is 1.85. The van der Waals surface area contributed by atoms with E-state index in [1.165, 1.54) is 13.1 Å². The lowest BCUT2D eigenvalue weighted by Crippen LogP contribution is -2.46. The summed E-state index contributed by atoms with van der Waals surface area (Å²) < 4.78 is 16.3. The third kappa shape index (κ3) is 4.57. The molecule has 0 unspecified atom stereocenters. The van der Waals surface area contributed by atoms with Gasteiger partial charge in [-0.2, -0.15) is 9.49 Å². The molecule has 1 aliphatic heterocycles. The lowest BCUT2D eigenvalue weighted by Gasteiger charge is -2.36. The summed E-state index contributed by atoms with van der Waals surface area (Å²) in [5.74, 6) is -1.06. The topological polar surface area (TPSA) is 112 Å². The van der Waals surface area contributed by atoms with E-state index in [1.807, 2.05) is 24.2 Å². The quantitative estimate of drug-likeness (QED) is 0.411. The van der Waals surface area contributed by atoms with E-state index in [-0.39, 0.29) is 11.3 Å². The number of nitrogens with zero attached hydrogens (tertiary/aromatic N) is 6. The van der Waals surface area contributed by atoms with Crippen molar-refractivity contribution in [3.8, 4) is 11.1 Å². The summed E-state index contributed by atoms with van der Waals surface area (Å²) in [6, 6.07) is 7.21. The maximum absolute atomic E-state index is 14.6. The molecule has 36 heavy (non-hydrogen) atoms. The second-order valence-corrected chi connectivity index (χ2v) is 8.94. The Balaban J connectivity index is 1.36. The highest BCUT2D eigenvalue weighted by Gasteiger charge is 2.22. The first kappa shape index (κ1) is 23.6. The second-order valence-electron chi connectivity index (χ2n) is 8.94. The number of amides is 1. The van der Waals surface area contributed by atoms with Crippen LogP contribution >= 0.6 is 0 Å². The molecule has 10 nitrogen and oxygen atoms in total. The molecule has 0 saturated carbocycles. The molecular formula is C25H27FN8O2. The van der Waals surface area contributed by atoms with Gasteiger partial charge in [0.05, 0.1) is 22.9 Å². The zero-order valence-corrected chi connectivity index (χ0v) is 20.4. The summed E-state index contributed by atoms with van der Waals surface area (Å²) in [5.41, 5.74) is 4.96. The summed E-state index contributed by atoms with van der Waals surface area (Å²) in [5, 5.41) is 6.74. The first-order valence-corrected chi connectivity index (χ1v) is 11.7. The molecule has 1 aliphatic rings. The Labute approximate surface area is 206 Å². The maximum atomic E-state index is 14.6. The highest BCUT2D eigenvalue weighted by Crippen LogP contribution is 2.28. The number of piperazine rings is 1. The first-order chi connectivity index (χ1) is 17.3. The van der Waals surface area contributed by atoms with Gasteiger partial charge in [-0.1, -0.05) is 0 Å². The Morgan fingerprint density at radius 3 is 2.61 bits per heavy atom. The van der Waals surface area contributed by atoms with Crippen LogP contribution in [0.15, 0.2) is 41.5 Å².